The van der Waals surface area contributed by atoms with Crippen molar-refractivity contribution in [1.82, 2.24) is 20.3 Å². The van der Waals surface area contributed by atoms with Gasteiger partial charge in [-0.3, -0.25) is 9.59 Å². The summed E-state index contributed by atoms with van der Waals surface area (Å²) in [5, 5.41) is 19.0. The SMILES string of the molecule is NC(Cc1cn(CC(=O)NC2CC2)nn1)C(=O)O. The lowest BCUT2D eigenvalue weighted by atomic mass is 10.2. The van der Waals surface area contributed by atoms with E-state index in [1.807, 2.05) is 0 Å². The minimum Gasteiger partial charge on any atom is -0.480 e. The molecule has 1 aromatic heterocycles. The number of aliphatic carboxylic acids is 1. The van der Waals surface area contributed by atoms with E-state index in [1.54, 1.807) is 0 Å². The van der Waals surface area contributed by atoms with Crippen LogP contribution in [0.4, 0.5) is 0 Å². The van der Waals surface area contributed by atoms with Gasteiger partial charge in [-0.2, -0.15) is 0 Å². The van der Waals surface area contributed by atoms with E-state index in [1.165, 1.54) is 10.9 Å². The van der Waals surface area contributed by atoms with E-state index in [9.17, 15) is 9.59 Å². The summed E-state index contributed by atoms with van der Waals surface area (Å²) >= 11 is 0. The smallest absolute Gasteiger partial charge is 0.320 e. The minimum atomic E-state index is -1.09. The van der Waals surface area contributed by atoms with Crippen molar-refractivity contribution in [3.05, 3.63) is 11.9 Å². The van der Waals surface area contributed by atoms with E-state index in [0.29, 0.717) is 11.7 Å². The number of aromatic nitrogens is 3. The highest BCUT2D eigenvalue weighted by molar-refractivity contribution is 5.76. The van der Waals surface area contributed by atoms with Crippen LogP contribution in [0.5, 0.6) is 0 Å². The van der Waals surface area contributed by atoms with Crippen molar-refractivity contribution in [2.45, 2.75) is 37.9 Å². The van der Waals surface area contributed by atoms with Gasteiger partial charge in [0.2, 0.25) is 5.91 Å². The van der Waals surface area contributed by atoms with Crippen molar-refractivity contribution in [2.75, 3.05) is 0 Å². The molecule has 4 N–H and O–H groups in total. The molecule has 0 spiro atoms. The standard InChI is InChI=1S/C10H15N5O3/c11-8(10(17)18)3-7-4-15(14-13-7)5-9(16)12-6-1-2-6/h4,6,8H,1-3,5,11H2,(H,12,16)(H,17,18). The summed E-state index contributed by atoms with van der Waals surface area (Å²) < 4.78 is 1.38. The van der Waals surface area contributed by atoms with E-state index in [4.69, 9.17) is 10.8 Å². The molecule has 1 heterocycles. The molecule has 98 valence electrons. The van der Waals surface area contributed by atoms with Crippen LogP contribution in [0.2, 0.25) is 0 Å². The van der Waals surface area contributed by atoms with Gasteiger partial charge in [-0.1, -0.05) is 5.21 Å². The number of carbonyl (C=O) groups excluding carboxylic acids is 1. The second-order valence-electron chi connectivity index (χ2n) is 4.40. The summed E-state index contributed by atoms with van der Waals surface area (Å²) in [6, 6.07) is -0.698. The third kappa shape index (κ3) is 3.52. The Labute approximate surface area is 103 Å². The normalized spacial score (nSPS) is 16.3. The van der Waals surface area contributed by atoms with Gasteiger partial charge in [0.15, 0.2) is 0 Å². The highest BCUT2D eigenvalue weighted by Crippen LogP contribution is 2.18. The van der Waals surface area contributed by atoms with Gasteiger partial charge < -0.3 is 16.2 Å². The molecule has 0 radical (unpaired) electrons. The van der Waals surface area contributed by atoms with Crippen molar-refractivity contribution in [3.8, 4) is 0 Å². The Morgan fingerprint density at radius 1 is 1.61 bits per heavy atom. The van der Waals surface area contributed by atoms with Crippen LogP contribution in [0, 0.1) is 0 Å². The molecular formula is C10H15N5O3. The van der Waals surface area contributed by atoms with Crippen molar-refractivity contribution in [2.24, 2.45) is 5.73 Å². The Morgan fingerprint density at radius 3 is 2.94 bits per heavy atom. The monoisotopic (exact) mass is 253 g/mol. The van der Waals surface area contributed by atoms with E-state index in [2.05, 4.69) is 15.6 Å². The molecule has 1 aliphatic rings. The molecule has 1 aliphatic carbocycles. The number of carboxylic acids is 1. The Balaban J connectivity index is 1.84. The van der Waals surface area contributed by atoms with Gasteiger partial charge in [0, 0.05) is 18.7 Å². The zero-order valence-electron chi connectivity index (χ0n) is 9.74. The number of amides is 1. The molecule has 1 aromatic rings. The van der Waals surface area contributed by atoms with Gasteiger partial charge in [-0.05, 0) is 12.8 Å². The van der Waals surface area contributed by atoms with Crippen LogP contribution < -0.4 is 11.1 Å². The lowest BCUT2D eigenvalue weighted by Crippen LogP contribution is -2.32. The van der Waals surface area contributed by atoms with Crippen molar-refractivity contribution in [3.63, 3.8) is 0 Å². The predicted octanol–water partition coefficient (Wildman–Crippen LogP) is -1.49. The molecule has 0 bridgehead atoms. The Morgan fingerprint density at radius 2 is 2.33 bits per heavy atom. The highest BCUT2D eigenvalue weighted by atomic mass is 16.4. The topological polar surface area (TPSA) is 123 Å². The van der Waals surface area contributed by atoms with Gasteiger partial charge in [0.25, 0.3) is 0 Å². The highest BCUT2D eigenvalue weighted by Gasteiger charge is 2.23. The Hall–Kier alpha value is -1.96. The summed E-state index contributed by atoms with van der Waals surface area (Å²) in [6.45, 7) is 0.0891. The number of rotatable bonds is 6. The molecule has 8 nitrogen and oxygen atoms in total. The summed E-state index contributed by atoms with van der Waals surface area (Å²) in [4.78, 5) is 22.1. The molecule has 18 heavy (non-hydrogen) atoms. The van der Waals surface area contributed by atoms with Gasteiger partial charge in [0.05, 0.1) is 5.69 Å². The first kappa shape index (κ1) is 12.5. The second kappa shape index (κ2) is 5.13. The Kier molecular flexibility index (Phi) is 3.56. The zero-order chi connectivity index (χ0) is 13.1. The molecule has 0 saturated heterocycles. The zero-order valence-corrected chi connectivity index (χ0v) is 9.74. The number of nitrogens with one attached hydrogen (secondary N) is 1. The van der Waals surface area contributed by atoms with Crippen molar-refractivity contribution in [1.29, 1.82) is 0 Å². The van der Waals surface area contributed by atoms with Gasteiger partial charge in [0.1, 0.15) is 12.6 Å². The van der Waals surface area contributed by atoms with E-state index >= 15 is 0 Å². The van der Waals surface area contributed by atoms with E-state index in [0.717, 1.165) is 12.8 Å². The molecule has 8 heteroatoms. The number of nitrogens with zero attached hydrogens (tertiary/aromatic N) is 3. The van der Waals surface area contributed by atoms with Crippen LogP contribution >= 0.6 is 0 Å². The van der Waals surface area contributed by atoms with Crippen molar-refractivity contribution >= 4 is 11.9 Å². The fourth-order valence-corrected chi connectivity index (χ4v) is 1.47. The third-order valence-corrected chi connectivity index (χ3v) is 2.58. The van der Waals surface area contributed by atoms with E-state index in [-0.39, 0.29) is 18.9 Å². The maximum Gasteiger partial charge on any atom is 0.320 e. The second-order valence-corrected chi connectivity index (χ2v) is 4.40. The summed E-state index contributed by atoms with van der Waals surface area (Å²) in [5.41, 5.74) is 5.84. The number of carbonyl (C=O) groups is 2. The molecule has 1 atom stereocenters. The lowest BCUT2D eigenvalue weighted by Gasteiger charge is -2.02. The number of nitrogens with two attached hydrogens (primary N) is 1. The largest absolute Gasteiger partial charge is 0.480 e. The number of carboxylic acid groups (broad SMARTS) is 1. The quantitative estimate of drug-likeness (QED) is 0.567. The first-order valence-corrected chi connectivity index (χ1v) is 5.71. The fraction of sp³-hybridized carbons (Fsp3) is 0.600. The van der Waals surface area contributed by atoms with E-state index < -0.39 is 12.0 Å². The summed E-state index contributed by atoms with van der Waals surface area (Å²) in [7, 11) is 0. The molecule has 0 aliphatic heterocycles. The molecular weight excluding hydrogens is 238 g/mol. The van der Waals surface area contributed by atoms with Gasteiger partial charge in [-0.15, -0.1) is 5.10 Å². The number of hydrogen-bond acceptors (Lipinski definition) is 5. The average molecular weight is 253 g/mol. The van der Waals surface area contributed by atoms with Crippen molar-refractivity contribution < 1.29 is 14.7 Å². The van der Waals surface area contributed by atoms with Crippen LogP contribution in [-0.2, 0) is 22.6 Å². The molecule has 1 unspecified atom stereocenters. The van der Waals surface area contributed by atoms with Crippen LogP contribution in [0.15, 0.2) is 6.20 Å². The minimum absolute atomic E-state index is 0.0891. The first-order valence-electron chi connectivity index (χ1n) is 5.71. The average Bonchev–Trinajstić information content (AvgIpc) is 2.99. The molecule has 1 fully saturated rings. The lowest BCUT2D eigenvalue weighted by molar-refractivity contribution is -0.138. The summed E-state index contributed by atoms with van der Waals surface area (Å²) in [6.07, 6.45) is 3.69. The van der Waals surface area contributed by atoms with Gasteiger partial charge >= 0.3 is 5.97 Å². The third-order valence-electron chi connectivity index (χ3n) is 2.58. The molecule has 0 aromatic carbocycles. The maximum atomic E-state index is 11.5. The first-order chi connectivity index (χ1) is 8.54. The molecule has 1 saturated carbocycles. The fourth-order valence-electron chi connectivity index (χ4n) is 1.47. The van der Waals surface area contributed by atoms with Crippen LogP contribution in [-0.4, -0.2) is 44.1 Å². The predicted molar refractivity (Wildman–Crippen MR) is 60.5 cm³/mol. The van der Waals surface area contributed by atoms with Gasteiger partial charge in [-0.25, -0.2) is 4.68 Å². The molecule has 1 amide bonds. The van der Waals surface area contributed by atoms with Crippen LogP contribution in [0.25, 0.3) is 0 Å². The molecule has 2 rings (SSSR count). The Bertz CT molecular complexity index is 454. The van der Waals surface area contributed by atoms with Crippen LogP contribution in [0.1, 0.15) is 18.5 Å². The maximum absolute atomic E-state index is 11.5. The summed E-state index contributed by atoms with van der Waals surface area (Å²) in [5.74, 6) is -1.20. The number of hydrogen-bond donors (Lipinski definition) is 3. The van der Waals surface area contributed by atoms with Crippen LogP contribution in [0.3, 0.4) is 0 Å².